The fraction of sp³-hybridized carbons (Fsp3) is 0.571. The van der Waals surface area contributed by atoms with Crippen LogP contribution in [0.2, 0.25) is 5.02 Å². The highest BCUT2D eigenvalue weighted by Crippen LogP contribution is 2.28. The molecule has 0 aromatic heterocycles. The number of rotatable bonds is 6. The SMILES string of the molecule is CCC(CC)(OC)C(O)Cc1ccccc1Cl. The zero-order valence-electron chi connectivity index (χ0n) is 10.7. The predicted molar refractivity (Wildman–Crippen MR) is 71.5 cm³/mol. The van der Waals surface area contributed by atoms with Gasteiger partial charge in [-0.3, -0.25) is 0 Å². The third-order valence-corrected chi connectivity index (χ3v) is 3.95. The van der Waals surface area contributed by atoms with Crippen LogP contribution in [0.3, 0.4) is 0 Å². The van der Waals surface area contributed by atoms with Crippen LogP contribution >= 0.6 is 11.6 Å². The molecule has 96 valence electrons. The highest BCUT2D eigenvalue weighted by atomic mass is 35.5. The van der Waals surface area contributed by atoms with E-state index in [9.17, 15) is 5.11 Å². The van der Waals surface area contributed by atoms with Gasteiger partial charge < -0.3 is 9.84 Å². The van der Waals surface area contributed by atoms with Gasteiger partial charge in [0.1, 0.15) is 0 Å². The van der Waals surface area contributed by atoms with Gasteiger partial charge in [-0.15, -0.1) is 0 Å². The molecule has 17 heavy (non-hydrogen) atoms. The first kappa shape index (κ1) is 14.5. The summed E-state index contributed by atoms with van der Waals surface area (Å²) in [6, 6.07) is 7.61. The Morgan fingerprint density at radius 3 is 2.35 bits per heavy atom. The Balaban J connectivity index is 2.84. The molecule has 0 radical (unpaired) electrons. The van der Waals surface area contributed by atoms with Crippen LogP contribution in [0.4, 0.5) is 0 Å². The molecule has 3 heteroatoms. The van der Waals surface area contributed by atoms with E-state index < -0.39 is 11.7 Å². The molecule has 1 N–H and O–H groups in total. The minimum absolute atomic E-state index is 0.473. The van der Waals surface area contributed by atoms with Crippen molar-refractivity contribution in [1.29, 1.82) is 0 Å². The third-order valence-electron chi connectivity index (χ3n) is 3.58. The fourth-order valence-corrected chi connectivity index (χ4v) is 2.42. The summed E-state index contributed by atoms with van der Waals surface area (Å²) in [5.41, 5.74) is 0.490. The molecule has 1 atom stereocenters. The van der Waals surface area contributed by atoms with Gasteiger partial charge in [0, 0.05) is 18.6 Å². The largest absolute Gasteiger partial charge is 0.390 e. The number of halogens is 1. The van der Waals surface area contributed by atoms with Gasteiger partial charge in [-0.2, -0.15) is 0 Å². The van der Waals surface area contributed by atoms with Crippen molar-refractivity contribution >= 4 is 11.6 Å². The number of benzene rings is 1. The summed E-state index contributed by atoms with van der Waals surface area (Å²) in [5.74, 6) is 0. The highest BCUT2D eigenvalue weighted by Gasteiger charge is 2.34. The highest BCUT2D eigenvalue weighted by molar-refractivity contribution is 6.31. The van der Waals surface area contributed by atoms with Crippen LogP contribution in [0.15, 0.2) is 24.3 Å². The molecule has 0 amide bonds. The lowest BCUT2D eigenvalue weighted by Crippen LogP contribution is -2.44. The van der Waals surface area contributed by atoms with Gasteiger partial charge in [0.05, 0.1) is 11.7 Å². The summed E-state index contributed by atoms with van der Waals surface area (Å²) >= 11 is 6.10. The van der Waals surface area contributed by atoms with Crippen LogP contribution in [-0.4, -0.2) is 23.9 Å². The topological polar surface area (TPSA) is 29.5 Å². The quantitative estimate of drug-likeness (QED) is 0.845. The molecule has 2 nitrogen and oxygen atoms in total. The molecule has 0 spiro atoms. The third kappa shape index (κ3) is 3.21. The van der Waals surface area contributed by atoms with Crippen molar-refractivity contribution in [3.63, 3.8) is 0 Å². The molecule has 0 heterocycles. The normalized spacial score (nSPS) is 13.7. The minimum atomic E-state index is -0.539. The lowest BCUT2D eigenvalue weighted by molar-refractivity contribution is -0.106. The molecule has 0 saturated carbocycles. The molecule has 0 aliphatic heterocycles. The Morgan fingerprint density at radius 1 is 1.29 bits per heavy atom. The Kier molecular flexibility index (Phi) is 5.44. The van der Waals surface area contributed by atoms with E-state index in [4.69, 9.17) is 16.3 Å². The Hall–Kier alpha value is -0.570. The summed E-state index contributed by atoms with van der Waals surface area (Å²) in [6.07, 6.45) is 1.55. The van der Waals surface area contributed by atoms with E-state index in [2.05, 4.69) is 0 Å². The van der Waals surface area contributed by atoms with E-state index in [1.807, 2.05) is 38.1 Å². The summed E-state index contributed by atoms with van der Waals surface area (Å²) in [5, 5.41) is 11.1. The van der Waals surface area contributed by atoms with Gasteiger partial charge >= 0.3 is 0 Å². The number of hydrogen-bond acceptors (Lipinski definition) is 2. The van der Waals surface area contributed by atoms with E-state index in [1.165, 1.54) is 0 Å². The Morgan fingerprint density at radius 2 is 1.88 bits per heavy atom. The Labute approximate surface area is 109 Å². The van der Waals surface area contributed by atoms with Crippen molar-refractivity contribution in [3.8, 4) is 0 Å². The summed E-state index contributed by atoms with van der Waals surface area (Å²) in [6.45, 7) is 4.06. The molecule has 0 fully saturated rings. The molecule has 0 bridgehead atoms. The van der Waals surface area contributed by atoms with Gasteiger partial charge in [0.2, 0.25) is 0 Å². The van der Waals surface area contributed by atoms with E-state index in [0.717, 1.165) is 18.4 Å². The van der Waals surface area contributed by atoms with Gasteiger partial charge in [-0.05, 0) is 24.5 Å². The number of ether oxygens (including phenoxy) is 1. The average molecular weight is 257 g/mol. The van der Waals surface area contributed by atoms with Crippen molar-refractivity contribution in [2.45, 2.75) is 44.8 Å². The maximum atomic E-state index is 10.4. The summed E-state index contributed by atoms with van der Waals surface area (Å²) < 4.78 is 5.52. The van der Waals surface area contributed by atoms with Crippen molar-refractivity contribution in [2.24, 2.45) is 0 Å². The standard InChI is InChI=1S/C14H21ClO2/c1-4-14(5-2,17-3)13(16)10-11-8-6-7-9-12(11)15/h6-9,13,16H,4-5,10H2,1-3H3. The maximum Gasteiger partial charge on any atom is 0.0934 e. The lowest BCUT2D eigenvalue weighted by atomic mass is 9.86. The van der Waals surface area contributed by atoms with E-state index in [-0.39, 0.29) is 0 Å². The molecule has 0 aliphatic rings. The van der Waals surface area contributed by atoms with Crippen molar-refractivity contribution in [3.05, 3.63) is 34.9 Å². The zero-order chi connectivity index (χ0) is 12.9. The van der Waals surface area contributed by atoms with Crippen molar-refractivity contribution in [1.82, 2.24) is 0 Å². The average Bonchev–Trinajstić information content (AvgIpc) is 2.35. The van der Waals surface area contributed by atoms with E-state index in [0.29, 0.717) is 11.4 Å². The summed E-state index contributed by atoms with van der Waals surface area (Å²) in [4.78, 5) is 0. The Bertz CT molecular complexity index is 340. The van der Waals surface area contributed by atoms with Crippen molar-refractivity contribution < 1.29 is 9.84 Å². The zero-order valence-corrected chi connectivity index (χ0v) is 11.5. The van der Waals surface area contributed by atoms with Crippen molar-refractivity contribution in [2.75, 3.05) is 7.11 Å². The van der Waals surface area contributed by atoms with Gasteiger partial charge in [-0.25, -0.2) is 0 Å². The molecule has 1 unspecified atom stereocenters. The molecular formula is C14H21ClO2. The number of hydrogen-bond donors (Lipinski definition) is 1. The van der Waals surface area contributed by atoms with Crippen LogP contribution in [0.1, 0.15) is 32.3 Å². The first-order valence-electron chi connectivity index (χ1n) is 6.06. The van der Waals surface area contributed by atoms with E-state index in [1.54, 1.807) is 7.11 Å². The molecule has 0 saturated heterocycles. The van der Waals surface area contributed by atoms with Crippen LogP contribution < -0.4 is 0 Å². The number of aliphatic hydroxyl groups excluding tert-OH is 1. The van der Waals surface area contributed by atoms with Crippen LogP contribution in [0, 0.1) is 0 Å². The first-order valence-corrected chi connectivity index (χ1v) is 6.44. The van der Waals surface area contributed by atoms with E-state index >= 15 is 0 Å². The van der Waals surface area contributed by atoms with Gasteiger partial charge in [0.15, 0.2) is 0 Å². The number of methoxy groups -OCH3 is 1. The summed E-state index contributed by atoms with van der Waals surface area (Å²) in [7, 11) is 1.66. The first-order chi connectivity index (χ1) is 8.09. The lowest BCUT2D eigenvalue weighted by Gasteiger charge is -2.35. The predicted octanol–water partition coefficient (Wildman–Crippen LogP) is 3.45. The monoisotopic (exact) mass is 256 g/mol. The molecule has 1 rings (SSSR count). The number of aliphatic hydroxyl groups is 1. The molecule has 0 aliphatic carbocycles. The maximum absolute atomic E-state index is 10.4. The second-order valence-corrected chi connectivity index (χ2v) is 4.69. The smallest absolute Gasteiger partial charge is 0.0934 e. The van der Waals surface area contributed by atoms with Crippen LogP contribution in [0.5, 0.6) is 0 Å². The minimum Gasteiger partial charge on any atom is -0.390 e. The second kappa shape index (κ2) is 6.39. The van der Waals surface area contributed by atoms with Crippen LogP contribution in [0.25, 0.3) is 0 Å². The molecular weight excluding hydrogens is 236 g/mol. The molecule has 1 aromatic carbocycles. The fourth-order valence-electron chi connectivity index (χ4n) is 2.20. The second-order valence-electron chi connectivity index (χ2n) is 4.29. The molecule has 1 aromatic rings. The van der Waals surface area contributed by atoms with Gasteiger partial charge in [-0.1, -0.05) is 43.6 Å². The van der Waals surface area contributed by atoms with Crippen LogP contribution in [-0.2, 0) is 11.2 Å². The van der Waals surface area contributed by atoms with Gasteiger partial charge in [0.25, 0.3) is 0 Å².